The van der Waals surface area contributed by atoms with E-state index in [1.165, 1.54) is 4.57 Å². The van der Waals surface area contributed by atoms with Gasteiger partial charge in [0.25, 0.3) is 0 Å². The molecule has 108 valence electrons. The second kappa shape index (κ2) is 4.55. The lowest BCUT2D eigenvalue weighted by molar-refractivity contribution is 0.310. The van der Waals surface area contributed by atoms with Gasteiger partial charge in [-0.15, -0.1) is 0 Å². The molecule has 0 unspecified atom stereocenters. The number of rotatable bonds is 2. The number of aromatic nitrogens is 4. The van der Waals surface area contributed by atoms with Gasteiger partial charge in [-0.25, -0.2) is 14.0 Å². The summed E-state index contributed by atoms with van der Waals surface area (Å²) in [6.07, 6.45) is 0. The van der Waals surface area contributed by atoms with Crippen molar-refractivity contribution in [2.24, 2.45) is 0 Å². The Morgan fingerprint density at radius 2 is 1.82 bits per heavy atom. The molecule has 0 aliphatic rings. The van der Waals surface area contributed by atoms with Crippen LogP contribution < -0.4 is 11.5 Å². The lowest BCUT2D eigenvalue weighted by atomic mass is 10.1. The first-order valence-electron chi connectivity index (χ1n) is 6.40. The second-order valence-electron chi connectivity index (χ2n) is 4.64. The van der Waals surface area contributed by atoms with Gasteiger partial charge in [0.1, 0.15) is 0 Å². The Bertz CT molecular complexity index is 1030. The number of anilines is 1. The first-order chi connectivity index (χ1) is 10.7. The van der Waals surface area contributed by atoms with Crippen LogP contribution in [0.5, 0.6) is 0 Å². The SMILES string of the molecule is Nc1nonc1-c1noc(=O)n1-c1ccc2ccccc2c1. The van der Waals surface area contributed by atoms with Gasteiger partial charge in [0.2, 0.25) is 5.82 Å². The summed E-state index contributed by atoms with van der Waals surface area (Å²) in [5.74, 6) is -0.477. The zero-order valence-corrected chi connectivity index (χ0v) is 11.1. The molecule has 8 heteroatoms. The first kappa shape index (κ1) is 12.3. The van der Waals surface area contributed by atoms with E-state index in [-0.39, 0.29) is 17.3 Å². The third-order valence-corrected chi connectivity index (χ3v) is 3.32. The molecule has 22 heavy (non-hydrogen) atoms. The van der Waals surface area contributed by atoms with E-state index >= 15 is 0 Å². The van der Waals surface area contributed by atoms with Gasteiger partial charge in [-0.2, -0.15) is 0 Å². The Morgan fingerprint density at radius 1 is 1.00 bits per heavy atom. The van der Waals surface area contributed by atoms with E-state index in [4.69, 9.17) is 10.3 Å². The fourth-order valence-corrected chi connectivity index (χ4v) is 2.29. The molecule has 0 aliphatic heterocycles. The number of nitrogens with zero attached hydrogens (tertiary/aromatic N) is 4. The van der Waals surface area contributed by atoms with Crippen molar-refractivity contribution in [2.45, 2.75) is 0 Å². The maximum atomic E-state index is 12.0. The molecule has 4 rings (SSSR count). The van der Waals surface area contributed by atoms with Crippen molar-refractivity contribution in [2.75, 3.05) is 5.73 Å². The summed E-state index contributed by atoms with van der Waals surface area (Å²) in [4.78, 5) is 12.0. The smallest absolute Gasteiger partial charge is 0.379 e. The fraction of sp³-hybridized carbons (Fsp3) is 0. The molecule has 0 saturated carbocycles. The van der Waals surface area contributed by atoms with E-state index in [9.17, 15) is 4.79 Å². The molecule has 0 radical (unpaired) electrons. The van der Waals surface area contributed by atoms with Crippen molar-refractivity contribution in [3.05, 3.63) is 53.0 Å². The Kier molecular flexibility index (Phi) is 2.55. The highest BCUT2D eigenvalue weighted by Gasteiger charge is 2.21. The third-order valence-electron chi connectivity index (χ3n) is 3.32. The lowest BCUT2D eigenvalue weighted by Gasteiger charge is -2.04. The van der Waals surface area contributed by atoms with Crippen LogP contribution in [0.4, 0.5) is 5.82 Å². The molecular weight excluding hydrogens is 286 g/mol. The van der Waals surface area contributed by atoms with Crippen molar-refractivity contribution >= 4 is 16.6 Å². The van der Waals surface area contributed by atoms with Crippen LogP contribution in [0.15, 0.2) is 56.4 Å². The van der Waals surface area contributed by atoms with Crippen LogP contribution in [-0.4, -0.2) is 20.0 Å². The Labute approximate surface area is 122 Å². The Balaban J connectivity index is 1.97. The van der Waals surface area contributed by atoms with E-state index < -0.39 is 5.76 Å². The monoisotopic (exact) mass is 295 g/mol. The standard InChI is InChI=1S/C14H9N5O3/c15-12-11(16-22-17-12)13-18-21-14(20)19(13)10-6-5-8-3-1-2-4-9(8)7-10/h1-7H,(H2,15,17). The second-order valence-corrected chi connectivity index (χ2v) is 4.64. The number of hydrogen-bond acceptors (Lipinski definition) is 7. The van der Waals surface area contributed by atoms with Gasteiger partial charge in [-0.3, -0.25) is 4.52 Å². The average molecular weight is 295 g/mol. The quantitative estimate of drug-likeness (QED) is 0.597. The predicted molar refractivity (Wildman–Crippen MR) is 77.3 cm³/mol. The van der Waals surface area contributed by atoms with Crippen molar-refractivity contribution in [3.63, 3.8) is 0 Å². The minimum atomic E-state index is -0.646. The van der Waals surface area contributed by atoms with Gasteiger partial charge in [0.15, 0.2) is 11.5 Å². The van der Waals surface area contributed by atoms with Gasteiger partial charge in [-0.05, 0) is 33.2 Å². The van der Waals surface area contributed by atoms with Crippen molar-refractivity contribution in [3.8, 4) is 17.2 Å². The third kappa shape index (κ3) is 1.78. The summed E-state index contributed by atoms with van der Waals surface area (Å²) in [5.41, 5.74) is 6.39. The highest BCUT2D eigenvalue weighted by atomic mass is 16.6. The summed E-state index contributed by atoms with van der Waals surface area (Å²) in [5, 5.41) is 12.9. The van der Waals surface area contributed by atoms with Gasteiger partial charge < -0.3 is 5.73 Å². The van der Waals surface area contributed by atoms with Crippen LogP contribution in [0.1, 0.15) is 0 Å². The topological polar surface area (TPSA) is 113 Å². The number of hydrogen-bond donors (Lipinski definition) is 1. The molecule has 0 aliphatic carbocycles. The molecule has 2 heterocycles. The molecule has 4 aromatic rings. The molecular formula is C14H9N5O3. The number of fused-ring (bicyclic) bond motifs is 1. The predicted octanol–water partition coefficient (Wildman–Crippen LogP) is 1.61. The summed E-state index contributed by atoms with van der Waals surface area (Å²) in [6, 6.07) is 13.3. The highest BCUT2D eigenvalue weighted by molar-refractivity contribution is 5.84. The summed E-state index contributed by atoms with van der Waals surface area (Å²) in [7, 11) is 0. The highest BCUT2D eigenvalue weighted by Crippen LogP contribution is 2.24. The van der Waals surface area contributed by atoms with E-state index in [1.807, 2.05) is 36.4 Å². The van der Waals surface area contributed by atoms with E-state index in [0.717, 1.165) is 10.8 Å². The van der Waals surface area contributed by atoms with Crippen LogP contribution in [0, 0.1) is 0 Å². The van der Waals surface area contributed by atoms with E-state index in [0.29, 0.717) is 5.69 Å². The van der Waals surface area contributed by atoms with Crippen LogP contribution in [0.2, 0.25) is 0 Å². The molecule has 2 N–H and O–H groups in total. The van der Waals surface area contributed by atoms with Crippen LogP contribution in [0.25, 0.3) is 28.0 Å². The molecule has 0 bridgehead atoms. The normalized spacial score (nSPS) is 11.1. The molecule has 2 aromatic heterocycles. The van der Waals surface area contributed by atoms with Crippen LogP contribution >= 0.6 is 0 Å². The largest absolute Gasteiger partial charge is 0.446 e. The Hall–Kier alpha value is -3.42. The molecule has 0 spiro atoms. The van der Waals surface area contributed by atoms with Crippen LogP contribution in [-0.2, 0) is 0 Å². The number of nitrogen functional groups attached to an aromatic ring is 1. The summed E-state index contributed by atoms with van der Waals surface area (Å²) < 4.78 is 10.5. The average Bonchev–Trinajstić information content (AvgIpc) is 3.12. The van der Waals surface area contributed by atoms with Crippen molar-refractivity contribution in [1.82, 2.24) is 20.0 Å². The molecule has 0 atom stereocenters. The van der Waals surface area contributed by atoms with E-state index in [2.05, 4.69) is 20.1 Å². The zero-order valence-electron chi connectivity index (χ0n) is 11.1. The molecule has 8 nitrogen and oxygen atoms in total. The van der Waals surface area contributed by atoms with Gasteiger partial charge in [0, 0.05) is 0 Å². The molecule has 2 aromatic carbocycles. The van der Waals surface area contributed by atoms with Gasteiger partial charge >= 0.3 is 5.76 Å². The van der Waals surface area contributed by atoms with Crippen LogP contribution in [0.3, 0.4) is 0 Å². The Morgan fingerprint density at radius 3 is 2.59 bits per heavy atom. The maximum absolute atomic E-state index is 12.0. The van der Waals surface area contributed by atoms with Crippen molar-refractivity contribution in [1.29, 1.82) is 0 Å². The maximum Gasteiger partial charge on any atom is 0.446 e. The number of benzene rings is 2. The molecule has 0 amide bonds. The minimum Gasteiger partial charge on any atom is -0.379 e. The van der Waals surface area contributed by atoms with Crippen molar-refractivity contribution < 1.29 is 9.15 Å². The lowest BCUT2D eigenvalue weighted by Crippen LogP contribution is -2.13. The molecule has 0 fully saturated rings. The molecule has 0 saturated heterocycles. The first-order valence-corrected chi connectivity index (χ1v) is 6.40. The summed E-state index contributed by atoms with van der Waals surface area (Å²) in [6.45, 7) is 0. The minimum absolute atomic E-state index is 0.0304. The van der Waals surface area contributed by atoms with E-state index in [1.54, 1.807) is 6.07 Å². The zero-order chi connectivity index (χ0) is 15.1. The van der Waals surface area contributed by atoms with Gasteiger partial charge in [-0.1, -0.05) is 35.5 Å². The van der Waals surface area contributed by atoms with Gasteiger partial charge in [0.05, 0.1) is 5.69 Å². The fourth-order valence-electron chi connectivity index (χ4n) is 2.29. The summed E-state index contributed by atoms with van der Waals surface area (Å²) >= 11 is 0. The number of nitrogens with two attached hydrogens (primary N) is 1.